The number of esters is 1. The third-order valence-electron chi connectivity index (χ3n) is 5.75. The molecule has 0 N–H and O–H groups in total. The van der Waals surface area contributed by atoms with Gasteiger partial charge in [-0.1, -0.05) is 18.2 Å². The van der Waals surface area contributed by atoms with E-state index in [1.54, 1.807) is 6.20 Å². The van der Waals surface area contributed by atoms with E-state index in [-0.39, 0.29) is 6.10 Å². The van der Waals surface area contributed by atoms with Gasteiger partial charge in [-0.3, -0.25) is 0 Å². The summed E-state index contributed by atoms with van der Waals surface area (Å²) in [5.74, 6) is 1.04. The third kappa shape index (κ3) is 6.16. The molecule has 1 aliphatic carbocycles. The highest BCUT2D eigenvalue weighted by Gasteiger charge is 2.25. The quantitative estimate of drug-likeness (QED) is 0.408. The van der Waals surface area contributed by atoms with Crippen molar-refractivity contribution in [1.82, 2.24) is 4.98 Å². The van der Waals surface area contributed by atoms with Crippen LogP contribution in [-0.4, -0.2) is 28.9 Å². The molecule has 1 aliphatic rings. The van der Waals surface area contributed by atoms with Crippen molar-refractivity contribution in [2.45, 2.75) is 77.9 Å². The molecule has 0 bridgehead atoms. The van der Waals surface area contributed by atoms with Crippen molar-refractivity contribution in [2.75, 3.05) is 0 Å². The van der Waals surface area contributed by atoms with E-state index in [4.69, 9.17) is 9.47 Å². The molecule has 2 aromatic rings. The summed E-state index contributed by atoms with van der Waals surface area (Å²) >= 11 is 0. The molecule has 5 heteroatoms. The maximum atomic E-state index is 12.7. The lowest BCUT2D eigenvalue weighted by molar-refractivity contribution is -0.108. The van der Waals surface area contributed by atoms with Crippen molar-refractivity contribution in [3.05, 3.63) is 47.8 Å². The smallest absolute Gasteiger partial charge is 0.358 e. The normalized spacial score (nSPS) is 19.0. The molecule has 5 nitrogen and oxygen atoms in total. The van der Waals surface area contributed by atoms with Crippen molar-refractivity contribution < 1.29 is 19.1 Å². The minimum Gasteiger partial charge on any atom is -0.490 e. The third-order valence-corrected chi connectivity index (χ3v) is 5.75. The van der Waals surface area contributed by atoms with Gasteiger partial charge in [-0.05, 0) is 89.0 Å². The van der Waals surface area contributed by atoms with E-state index >= 15 is 0 Å². The van der Waals surface area contributed by atoms with Gasteiger partial charge in [0.25, 0.3) is 0 Å². The van der Waals surface area contributed by atoms with Crippen LogP contribution in [0.3, 0.4) is 0 Å². The molecular weight excluding hydrogens is 390 g/mol. The van der Waals surface area contributed by atoms with Gasteiger partial charge in [0.1, 0.15) is 17.6 Å². The Hall–Kier alpha value is -2.69. The number of hydrogen-bond acceptors (Lipinski definition) is 5. The van der Waals surface area contributed by atoms with Gasteiger partial charge >= 0.3 is 5.97 Å². The molecule has 1 saturated carbocycles. The standard InChI is InChI=1S/C26H33NO4/c1-18-21(22-10-6-16-27-24(22)25(29)31-26(2,3)4)9-5-11-23(18)30-20-14-12-19(13-15-20)8-7-17-28/h5-6,9-11,16-17,19-20H,7-8,12-15H2,1-4H3. The molecule has 0 radical (unpaired) electrons. The van der Waals surface area contributed by atoms with Crippen molar-refractivity contribution in [2.24, 2.45) is 5.92 Å². The van der Waals surface area contributed by atoms with Crippen LogP contribution >= 0.6 is 0 Å². The van der Waals surface area contributed by atoms with Crippen LogP contribution < -0.4 is 4.74 Å². The predicted octanol–water partition coefficient (Wildman–Crippen LogP) is 5.93. The zero-order valence-electron chi connectivity index (χ0n) is 19.0. The second-order valence-corrected chi connectivity index (χ2v) is 9.33. The van der Waals surface area contributed by atoms with Crippen molar-refractivity contribution in [3.8, 4) is 16.9 Å². The van der Waals surface area contributed by atoms with Gasteiger partial charge in [-0.15, -0.1) is 0 Å². The fraction of sp³-hybridized carbons (Fsp3) is 0.500. The average molecular weight is 424 g/mol. The highest BCUT2D eigenvalue weighted by atomic mass is 16.6. The Morgan fingerprint density at radius 1 is 1.10 bits per heavy atom. The van der Waals surface area contributed by atoms with Gasteiger partial charge in [-0.2, -0.15) is 0 Å². The van der Waals surface area contributed by atoms with Crippen LogP contribution in [0.15, 0.2) is 36.5 Å². The Morgan fingerprint density at radius 3 is 2.48 bits per heavy atom. The van der Waals surface area contributed by atoms with E-state index in [0.29, 0.717) is 18.0 Å². The lowest BCUT2D eigenvalue weighted by Crippen LogP contribution is -2.25. The number of aldehydes is 1. The van der Waals surface area contributed by atoms with E-state index in [9.17, 15) is 9.59 Å². The first kappa shape index (κ1) is 23.0. The number of hydrogen-bond donors (Lipinski definition) is 0. The van der Waals surface area contributed by atoms with Crippen molar-refractivity contribution in [3.63, 3.8) is 0 Å². The summed E-state index contributed by atoms with van der Waals surface area (Å²) in [6.45, 7) is 7.56. The summed E-state index contributed by atoms with van der Waals surface area (Å²) in [5, 5.41) is 0. The fourth-order valence-electron chi connectivity index (χ4n) is 4.17. The Kier molecular flexibility index (Phi) is 7.47. The van der Waals surface area contributed by atoms with Gasteiger partial charge in [0.15, 0.2) is 5.69 Å². The summed E-state index contributed by atoms with van der Waals surface area (Å²) in [6, 6.07) is 9.66. The number of carbonyl (C=O) groups is 2. The van der Waals surface area contributed by atoms with E-state index < -0.39 is 11.6 Å². The molecule has 1 fully saturated rings. The summed E-state index contributed by atoms with van der Waals surface area (Å²) in [4.78, 5) is 27.7. The molecule has 0 saturated heterocycles. The topological polar surface area (TPSA) is 65.5 Å². The number of ether oxygens (including phenoxy) is 2. The van der Waals surface area contributed by atoms with Gasteiger partial charge in [0.2, 0.25) is 0 Å². The van der Waals surface area contributed by atoms with Crippen LogP contribution in [0.25, 0.3) is 11.1 Å². The first-order valence-electron chi connectivity index (χ1n) is 11.2. The van der Waals surface area contributed by atoms with Crippen LogP contribution in [0.1, 0.15) is 75.3 Å². The average Bonchev–Trinajstić information content (AvgIpc) is 2.73. The summed E-state index contributed by atoms with van der Waals surface area (Å²) in [5.41, 5.74) is 2.39. The van der Waals surface area contributed by atoms with Gasteiger partial charge < -0.3 is 14.3 Å². The Bertz CT molecular complexity index is 908. The molecule has 0 spiro atoms. The Labute approximate surface area is 185 Å². The molecule has 166 valence electrons. The van der Waals surface area contributed by atoms with Crippen molar-refractivity contribution >= 4 is 12.3 Å². The fourth-order valence-corrected chi connectivity index (χ4v) is 4.17. The van der Waals surface area contributed by atoms with Crippen LogP contribution in [0.2, 0.25) is 0 Å². The second-order valence-electron chi connectivity index (χ2n) is 9.33. The van der Waals surface area contributed by atoms with Crippen LogP contribution in [0.5, 0.6) is 5.75 Å². The number of pyridine rings is 1. The van der Waals surface area contributed by atoms with E-state index in [1.165, 1.54) is 0 Å². The predicted molar refractivity (Wildman–Crippen MR) is 121 cm³/mol. The molecule has 0 unspecified atom stereocenters. The van der Waals surface area contributed by atoms with Gasteiger partial charge in [-0.25, -0.2) is 9.78 Å². The molecule has 3 rings (SSSR count). The highest BCUT2D eigenvalue weighted by molar-refractivity contribution is 5.96. The summed E-state index contributed by atoms with van der Waals surface area (Å²) in [6.07, 6.45) is 8.66. The van der Waals surface area contributed by atoms with Gasteiger partial charge in [0, 0.05) is 18.2 Å². The minimum atomic E-state index is -0.587. The Morgan fingerprint density at radius 2 is 1.81 bits per heavy atom. The molecule has 1 heterocycles. The van der Waals surface area contributed by atoms with Gasteiger partial charge in [0.05, 0.1) is 6.10 Å². The van der Waals surface area contributed by atoms with E-state index in [1.807, 2.05) is 58.0 Å². The first-order valence-corrected chi connectivity index (χ1v) is 11.2. The molecular formula is C26H33NO4. The molecule has 1 aromatic carbocycles. The number of aromatic nitrogens is 1. The molecule has 0 amide bonds. The number of benzene rings is 1. The zero-order valence-corrected chi connectivity index (χ0v) is 19.0. The molecule has 0 aliphatic heterocycles. The zero-order chi connectivity index (χ0) is 22.4. The lowest BCUT2D eigenvalue weighted by atomic mass is 9.84. The van der Waals surface area contributed by atoms with Crippen LogP contribution in [-0.2, 0) is 9.53 Å². The second kappa shape index (κ2) is 10.1. The lowest BCUT2D eigenvalue weighted by Gasteiger charge is -2.29. The maximum absolute atomic E-state index is 12.7. The number of nitrogens with zero attached hydrogens (tertiary/aromatic N) is 1. The van der Waals surface area contributed by atoms with E-state index in [0.717, 1.165) is 60.8 Å². The highest BCUT2D eigenvalue weighted by Crippen LogP contribution is 2.35. The Balaban J connectivity index is 1.78. The summed E-state index contributed by atoms with van der Waals surface area (Å²) in [7, 11) is 0. The molecule has 0 atom stereocenters. The van der Waals surface area contributed by atoms with E-state index in [2.05, 4.69) is 4.98 Å². The number of carbonyl (C=O) groups excluding carboxylic acids is 2. The molecule has 31 heavy (non-hydrogen) atoms. The van der Waals surface area contributed by atoms with Crippen molar-refractivity contribution in [1.29, 1.82) is 0 Å². The molecule has 1 aromatic heterocycles. The SMILES string of the molecule is Cc1c(OC2CCC(CCC=O)CC2)cccc1-c1cccnc1C(=O)OC(C)(C)C. The van der Waals surface area contributed by atoms with Crippen LogP contribution in [0, 0.1) is 12.8 Å². The number of rotatable bonds is 7. The maximum Gasteiger partial charge on any atom is 0.358 e. The first-order chi connectivity index (χ1) is 14.8. The monoisotopic (exact) mass is 423 g/mol. The minimum absolute atomic E-state index is 0.181. The van der Waals surface area contributed by atoms with Crippen LogP contribution in [0.4, 0.5) is 0 Å². The summed E-state index contributed by atoms with van der Waals surface area (Å²) < 4.78 is 11.9. The largest absolute Gasteiger partial charge is 0.490 e.